The lowest BCUT2D eigenvalue weighted by Gasteiger charge is -2.31. The van der Waals surface area contributed by atoms with E-state index in [1.54, 1.807) is 7.11 Å². The molecular weight excluding hydrogens is 454 g/mol. The van der Waals surface area contributed by atoms with E-state index in [9.17, 15) is 4.79 Å². The van der Waals surface area contributed by atoms with Gasteiger partial charge in [0, 0.05) is 12.5 Å². The molecule has 3 heterocycles. The van der Waals surface area contributed by atoms with Gasteiger partial charge in [-0.25, -0.2) is 0 Å². The number of rotatable bonds is 3. The topological polar surface area (TPSA) is 57.9 Å². The van der Waals surface area contributed by atoms with E-state index in [-0.39, 0.29) is 25.2 Å². The molecule has 0 amide bonds. The van der Waals surface area contributed by atoms with E-state index >= 15 is 0 Å². The molecule has 0 radical (unpaired) electrons. The number of methoxy groups -OCH3 is 1. The van der Waals surface area contributed by atoms with Gasteiger partial charge in [-0.05, 0) is 55.0 Å². The van der Waals surface area contributed by atoms with Crippen LogP contribution >= 0.6 is 0 Å². The van der Waals surface area contributed by atoms with Crippen LogP contribution in [0.15, 0.2) is 36.5 Å². The Balaban J connectivity index is 0.00000241. The van der Waals surface area contributed by atoms with Crippen molar-refractivity contribution in [1.82, 2.24) is 0 Å². The number of carbonyl (C=O) groups is 1. The minimum atomic E-state index is -0.436. The number of hydrogen-bond donors (Lipinski definition) is 0. The number of ether oxygens (including phenoxy) is 4. The van der Waals surface area contributed by atoms with Crippen molar-refractivity contribution in [2.45, 2.75) is 52.0 Å². The second-order valence-corrected chi connectivity index (χ2v) is 9.58. The van der Waals surface area contributed by atoms with E-state index in [1.807, 2.05) is 19.1 Å². The third-order valence-corrected chi connectivity index (χ3v) is 7.44. The first kappa shape index (κ1) is 22.8. The molecule has 0 atom stereocenters. The fourth-order valence-corrected chi connectivity index (χ4v) is 5.42. The number of pyridine rings is 1. The number of esters is 1. The summed E-state index contributed by atoms with van der Waals surface area (Å²) < 4.78 is 25.1. The van der Waals surface area contributed by atoms with Gasteiger partial charge in [0.25, 0.3) is 0 Å². The van der Waals surface area contributed by atoms with Gasteiger partial charge in [0.05, 0.1) is 23.5 Å². The molecule has 1 aliphatic carbocycles. The molecule has 1 aromatic heterocycles. The van der Waals surface area contributed by atoms with Gasteiger partial charge in [0.1, 0.15) is 0 Å². The van der Waals surface area contributed by atoms with Crippen LogP contribution in [0.1, 0.15) is 44.6 Å². The van der Waals surface area contributed by atoms with Crippen molar-refractivity contribution in [3.05, 3.63) is 42.1 Å². The summed E-state index contributed by atoms with van der Waals surface area (Å²) in [4.78, 5) is 13.3. The summed E-state index contributed by atoms with van der Waals surface area (Å²) in [6.07, 6.45) is 8.05. The van der Waals surface area contributed by atoms with Gasteiger partial charge in [-0.3, -0.25) is 4.79 Å². The van der Waals surface area contributed by atoms with Crippen LogP contribution in [0, 0.1) is 5.41 Å². The molecule has 7 heteroatoms. The first-order valence-corrected chi connectivity index (χ1v) is 11.8. The monoisotopic (exact) mass is 481 g/mol. The van der Waals surface area contributed by atoms with Crippen LogP contribution in [-0.4, -0.2) is 19.9 Å². The number of fused-ring (bicyclic) bond motifs is 5. The first-order valence-electron chi connectivity index (χ1n) is 11.8. The van der Waals surface area contributed by atoms with Crippen LogP contribution in [0.25, 0.3) is 22.0 Å². The summed E-state index contributed by atoms with van der Waals surface area (Å²) in [7, 11) is 1.62. The maximum absolute atomic E-state index is 13.3. The van der Waals surface area contributed by atoms with E-state index in [1.165, 1.54) is 12.0 Å². The molecule has 0 unspecified atom stereocenters. The zero-order valence-corrected chi connectivity index (χ0v) is 20.2. The van der Waals surface area contributed by atoms with Gasteiger partial charge in [-0.1, -0.05) is 19.3 Å². The highest BCUT2D eigenvalue weighted by Gasteiger charge is 2.37. The molecule has 34 heavy (non-hydrogen) atoms. The van der Waals surface area contributed by atoms with Crippen LogP contribution in [0.2, 0.25) is 0 Å². The summed E-state index contributed by atoms with van der Waals surface area (Å²) >= 11 is 0. The SMILES string of the molecule is COc1ccc2cc3[n+](cc2c1OC(=O)C1(C)CCCCC1)CCc1cc2c(cc1-3)OCO2.[Cl-]. The molecule has 0 spiro atoms. The van der Waals surface area contributed by atoms with Crippen molar-refractivity contribution >= 4 is 16.7 Å². The normalized spacial score (nSPS) is 17.4. The Kier molecular flexibility index (Phi) is 5.80. The predicted molar refractivity (Wildman–Crippen MR) is 123 cm³/mol. The third kappa shape index (κ3) is 3.65. The molecule has 2 aliphatic heterocycles. The molecule has 3 aliphatic rings. The molecular formula is C27H28ClNO5. The molecule has 0 saturated heterocycles. The fraction of sp³-hybridized carbons (Fsp3) is 0.407. The number of carbonyl (C=O) groups excluding carboxylic acids is 1. The molecule has 6 rings (SSSR count). The lowest BCUT2D eigenvalue weighted by atomic mass is 9.76. The van der Waals surface area contributed by atoms with Crippen LogP contribution in [0.4, 0.5) is 0 Å². The van der Waals surface area contributed by atoms with E-state index < -0.39 is 5.41 Å². The Hall–Kier alpha value is -2.99. The van der Waals surface area contributed by atoms with Gasteiger partial charge in [-0.15, -0.1) is 0 Å². The highest BCUT2D eigenvalue weighted by Crippen LogP contribution is 2.43. The standard InChI is InChI=1S/C27H28NO5.ClH/c1-27(9-4-3-5-10-27)26(29)33-25-20-15-28-11-8-18-13-23-24(32-16-31-23)14-19(18)21(28)12-17(20)6-7-22(25)30-2;/h6-7,12-15H,3-5,8-11,16H2,1-2H3;1H/q+1;/p-1. The number of halogens is 1. The van der Waals surface area contributed by atoms with Crippen molar-refractivity contribution in [3.63, 3.8) is 0 Å². The summed E-state index contributed by atoms with van der Waals surface area (Å²) in [6, 6.07) is 10.2. The van der Waals surface area contributed by atoms with Gasteiger partial charge < -0.3 is 31.4 Å². The molecule has 0 N–H and O–H groups in total. The molecule has 1 fully saturated rings. The number of nitrogens with zero attached hydrogens (tertiary/aromatic N) is 1. The van der Waals surface area contributed by atoms with E-state index in [0.717, 1.165) is 72.2 Å². The molecule has 178 valence electrons. The van der Waals surface area contributed by atoms with Crippen LogP contribution < -0.4 is 35.9 Å². The highest BCUT2D eigenvalue weighted by molar-refractivity contribution is 5.94. The second kappa shape index (κ2) is 8.66. The van der Waals surface area contributed by atoms with Crippen LogP contribution in [0.3, 0.4) is 0 Å². The zero-order chi connectivity index (χ0) is 22.6. The smallest absolute Gasteiger partial charge is 0.317 e. The molecule has 2 aromatic carbocycles. The highest BCUT2D eigenvalue weighted by atomic mass is 35.5. The summed E-state index contributed by atoms with van der Waals surface area (Å²) in [6.45, 7) is 3.13. The Morgan fingerprint density at radius 2 is 1.82 bits per heavy atom. The van der Waals surface area contributed by atoms with Crippen molar-refractivity contribution in [3.8, 4) is 34.3 Å². The van der Waals surface area contributed by atoms with Crippen LogP contribution in [0.5, 0.6) is 23.0 Å². The van der Waals surface area contributed by atoms with Crippen molar-refractivity contribution in [2.24, 2.45) is 5.41 Å². The van der Waals surface area contributed by atoms with Gasteiger partial charge >= 0.3 is 5.97 Å². The lowest BCUT2D eigenvalue weighted by molar-refractivity contribution is -0.686. The first-order chi connectivity index (χ1) is 16.1. The maximum Gasteiger partial charge on any atom is 0.317 e. The number of benzene rings is 2. The average molecular weight is 482 g/mol. The zero-order valence-electron chi connectivity index (χ0n) is 19.5. The van der Waals surface area contributed by atoms with Gasteiger partial charge in [-0.2, -0.15) is 4.57 Å². The van der Waals surface area contributed by atoms with E-state index in [4.69, 9.17) is 18.9 Å². The minimum absolute atomic E-state index is 0. The largest absolute Gasteiger partial charge is 1.00 e. The summed E-state index contributed by atoms with van der Waals surface area (Å²) in [5, 5.41) is 1.89. The van der Waals surface area contributed by atoms with E-state index in [0.29, 0.717) is 11.5 Å². The van der Waals surface area contributed by atoms with Gasteiger partial charge in [0.15, 0.2) is 35.7 Å². The number of aryl methyl sites for hydroxylation is 2. The predicted octanol–water partition coefficient (Wildman–Crippen LogP) is 1.97. The second-order valence-electron chi connectivity index (χ2n) is 9.58. The van der Waals surface area contributed by atoms with Crippen LogP contribution in [-0.2, 0) is 17.8 Å². The Labute approximate surface area is 205 Å². The maximum atomic E-state index is 13.3. The van der Waals surface area contributed by atoms with Crippen molar-refractivity contribution in [1.29, 1.82) is 0 Å². The Morgan fingerprint density at radius 1 is 1.06 bits per heavy atom. The summed E-state index contributed by atoms with van der Waals surface area (Å²) in [5.74, 6) is 2.54. The fourth-order valence-electron chi connectivity index (χ4n) is 5.42. The van der Waals surface area contributed by atoms with Gasteiger partial charge in [0.2, 0.25) is 12.5 Å². The average Bonchev–Trinajstić information content (AvgIpc) is 3.29. The molecule has 0 bridgehead atoms. The summed E-state index contributed by atoms with van der Waals surface area (Å²) in [5.41, 5.74) is 3.08. The molecule has 6 nitrogen and oxygen atoms in total. The molecule has 1 saturated carbocycles. The Bertz CT molecular complexity index is 1280. The van der Waals surface area contributed by atoms with E-state index in [2.05, 4.69) is 29.0 Å². The minimum Gasteiger partial charge on any atom is -1.00 e. The Morgan fingerprint density at radius 3 is 2.59 bits per heavy atom. The number of aromatic nitrogens is 1. The number of hydrogen-bond acceptors (Lipinski definition) is 5. The van der Waals surface area contributed by atoms with Crippen molar-refractivity contribution < 1.29 is 40.7 Å². The molecule has 3 aromatic rings. The third-order valence-electron chi connectivity index (χ3n) is 7.44. The van der Waals surface area contributed by atoms with Crippen molar-refractivity contribution in [2.75, 3.05) is 13.9 Å². The quantitative estimate of drug-likeness (QED) is 0.325. The lowest BCUT2D eigenvalue weighted by Crippen LogP contribution is -3.00.